The van der Waals surface area contributed by atoms with E-state index in [0.717, 1.165) is 49.4 Å². The van der Waals surface area contributed by atoms with Gasteiger partial charge in [0, 0.05) is 24.8 Å². The number of benzene rings is 2. The molecule has 2 aromatic carbocycles. The van der Waals surface area contributed by atoms with Crippen LogP contribution in [0.1, 0.15) is 41.1 Å². The zero-order chi connectivity index (χ0) is 20.1. The van der Waals surface area contributed by atoms with E-state index in [-0.39, 0.29) is 5.91 Å². The van der Waals surface area contributed by atoms with Gasteiger partial charge in [-0.1, -0.05) is 42.5 Å². The second-order valence-electron chi connectivity index (χ2n) is 7.49. The van der Waals surface area contributed by atoms with E-state index in [1.807, 2.05) is 41.3 Å². The molecule has 0 radical (unpaired) electrons. The summed E-state index contributed by atoms with van der Waals surface area (Å²) in [5, 5.41) is 0. The molecule has 0 spiro atoms. The minimum Gasteiger partial charge on any atom is -0.497 e. The maximum absolute atomic E-state index is 13.0. The number of likely N-dealkylation sites (tertiary alicyclic amines) is 1. The van der Waals surface area contributed by atoms with Gasteiger partial charge in [-0.05, 0) is 55.0 Å². The van der Waals surface area contributed by atoms with Crippen molar-refractivity contribution in [3.63, 3.8) is 0 Å². The SMILES string of the molecule is COc1cccc(-c2ccc(C(=O)N3CCCC(c4ccccc4)CC3)cn2)c1. The number of amides is 1. The topological polar surface area (TPSA) is 42.4 Å². The van der Waals surface area contributed by atoms with Crippen LogP contribution in [0.3, 0.4) is 0 Å². The third-order valence-corrected chi connectivity index (χ3v) is 5.66. The average molecular weight is 386 g/mol. The number of nitrogens with zero attached hydrogens (tertiary/aromatic N) is 2. The van der Waals surface area contributed by atoms with Gasteiger partial charge < -0.3 is 9.64 Å². The van der Waals surface area contributed by atoms with Crippen molar-refractivity contribution in [1.29, 1.82) is 0 Å². The number of hydrogen-bond acceptors (Lipinski definition) is 3. The predicted molar refractivity (Wildman–Crippen MR) is 115 cm³/mol. The molecule has 1 aliphatic heterocycles. The van der Waals surface area contributed by atoms with E-state index in [1.165, 1.54) is 5.56 Å². The number of ether oxygens (including phenoxy) is 1. The van der Waals surface area contributed by atoms with E-state index in [9.17, 15) is 4.79 Å². The smallest absolute Gasteiger partial charge is 0.255 e. The van der Waals surface area contributed by atoms with Gasteiger partial charge in [-0.25, -0.2) is 0 Å². The zero-order valence-electron chi connectivity index (χ0n) is 16.8. The lowest BCUT2D eigenvalue weighted by molar-refractivity contribution is 0.0760. The molecule has 0 bridgehead atoms. The highest BCUT2D eigenvalue weighted by Crippen LogP contribution is 2.28. The highest BCUT2D eigenvalue weighted by Gasteiger charge is 2.22. The van der Waals surface area contributed by atoms with Gasteiger partial charge in [0.15, 0.2) is 0 Å². The van der Waals surface area contributed by atoms with Crippen LogP contribution >= 0.6 is 0 Å². The largest absolute Gasteiger partial charge is 0.497 e. The minimum atomic E-state index is 0.0726. The molecule has 4 heteroatoms. The molecule has 4 rings (SSSR count). The van der Waals surface area contributed by atoms with Crippen molar-refractivity contribution in [2.24, 2.45) is 0 Å². The Hall–Kier alpha value is -3.14. The van der Waals surface area contributed by atoms with Crippen molar-refractivity contribution < 1.29 is 9.53 Å². The van der Waals surface area contributed by atoms with Crippen LogP contribution < -0.4 is 4.74 Å². The first-order chi connectivity index (χ1) is 14.2. The third kappa shape index (κ3) is 4.48. The number of rotatable bonds is 4. The third-order valence-electron chi connectivity index (χ3n) is 5.66. The maximum Gasteiger partial charge on any atom is 0.255 e. The normalized spacial score (nSPS) is 16.9. The maximum atomic E-state index is 13.0. The van der Waals surface area contributed by atoms with Crippen molar-refractivity contribution in [2.45, 2.75) is 25.2 Å². The summed E-state index contributed by atoms with van der Waals surface area (Å²) in [6.07, 6.45) is 4.85. The van der Waals surface area contributed by atoms with Crippen molar-refractivity contribution in [3.05, 3.63) is 84.1 Å². The molecular formula is C25H26N2O2. The summed E-state index contributed by atoms with van der Waals surface area (Å²) in [5.74, 6) is 1.40. The van der Waals surface area contributed by atoms with Gasteiger partial charge in [0.25, 0.3) is 5.91 Å². The Labute approximate surface area is 172 Å². The first kappa shape index (κ1) is 19.2. The lowest BCUT2D eigenvalue weighted by Gasteiger charge is -2.21. The Balaban J connectivity index is 1.44. The molecule has 0 saturated carbocycles. The predicted octanol–water partition coefficient (Wildman–Crippen LogP) is 5.17. The number of methoxy groups -OCH3 is 1. The zero-order valence-corrected chi connectivity index (χ0v) is 16.8. The van der Waals surface area contributed by atoms with Crippen LogP contribution in [0.5, 0.6) is 5.75 Å². The lowest BCUT2D eigenvalue weighted by atomic mass is 9.92. The fourth-order valence-corrected chi connectivity index (χ4v) is 4.01. The van der Waals surface area contributed by atoms with E-state index in [0.29, 0.717) is 11.5 Å². The molecule has 1 unspecified atom stereocenters. The van der Waals surface area contributed by atoms with Gasteiger partial charge >= 0.3 is 0 Å². The first-order valence-corrected chi connectivity index (χ1v) is 10.2. The molecule has 148 valence electrons. The van der Waals surface area contributed by atoms with Crippen molar-refractivity contribution >= 4 is 5.91 Å². The van der Waals surface area contributed by atoms with Crippen LogP contribution in [-0.2, 0) is 0 Å². The number of aromatic nitrogens is 1. The van der Waals surface area contributed by atoms with E-state index in [1.54, 1.807) is 13.3 Å². The minimum absolute atomic E-state index is 0.0726. The molecule has 1 aliphatic rings. The van der Waals surface area contributed by atoms with Gasteiger partial charge in [0.1, 0.15) is 5.75 Å². The van der Waals surface area contributed by atoms with E-state index in [2.05, 4.69) is 35.3 Å². The molecule has 2 heterocycles. The highest BCUT2D eigenvalue weighted by molar-refractivity contribution is 5.94. The second-order valence-corrected chi connectivity index (χ2v) is 7.49. The molecule has 0 aliphatic carbocycles. The van der Waals surface area contributed by atoms with Crippen LogP contribution in [0.2, 0.25) is 0 Å². The quantitative estimate of drug-likeness (QED) is 0.621. The number of pyridine rings is 1. The molecular weight excluding hydrogens is 360 g/mol. The summed E-state index contributed by atoms with van der Waals surface area (Å²) in [4.78, 5) is 19.5. The molecule has 4 nitrogen and oxygen atoms in total. The monoisotopic (exact) mass is 386 g/mol. The highest BCUT2D eigenvalue weighted by atomic mass is 16.5. The Kier molecular flexibility index (Phi) is 5.89. The molecule has 1 fully saturated rings. The molecule has 29 heavy (non-hydrogen) atoms. The summed E-state index contributed by atoms with van der Waals surface area (Å²) in [7, 11) is 1.65. The van der Waals surface area contributed by atoms with Crippen LogP contribution in [0.25, 0.3) is 11.3 Å². The lowest BCUT2D eigenvalue weighted by Crippen LogP contribution is -2.32. The number of carbonyl (C=O) groups is 1. The number of carbonyl (C=O) groups excluding carboxylic acids is 1. The van der Waals surface area contributed by atoms with E-state index in [4.69, 9.17) is 4.74 Å². The molecule has 0 N–H and O–H groups in total. The second kappa shape index (κ2) is 8.91. The van der Waals surface area contributed by atoms with Gasteiger partial charge in [-0.3, -0.25) is 9.78 Å². The fraction of sp³-hybridized carbons (Fsp3) is 0.280. The van der Waals surface area contributed by atoms with E-state index < -0.39 is 0 Å². The van der Waals surface area contributed by atoms with Crippen LogP contribution in [0.15, 0.2) is 72.9 Å². The van der Waals surface area contributed by atoms with Gasteiger partial charge in [-0.2, -0.15) is 0 Å². The van der Waals surface area contributed by atoms with Crippen molar-refractivity contribution in [3.8, 4) is 17.0 Å². The van der Waals surface area contributed by atoms with Gasteiger partial charge in [0.05, 0.1) is 18.4 Å². The Morgan fingerprint density at radius 1 is 1.00 bits per heavy atom. The molecule has 1 amide bonds. The fourth-order valence-electron chi connectivity index (χ4n) is 4.01. The molecule has 1 aromatic heterocycles. The Morgan fingerprint density at radius 2 is 1.86 bits per heavy atom. The van der Waals surface area contributed by atoms with Gasteiger partial charge in [0.2, 0.25) is 0 Å². The summed E-state index contributed by atoms with van der Waals surface area (Å²) < 4.78 is 5.28. The summed E-state index contributed by atoms with van der Waals surface area (Å²) >= 11 is 0. The molecule has 3 aromatic rings. The van der Waals surface area contributed by atoms with E-state index >= 15 is 0 Å². The summed E-state index contributed by atoms with van der Waals surface area (Å²) in [6, 6.07) is 22.2. The van der Waals surface area contributed by atoms with Crippen LogP contribution in [0, 0.1) is 0 Å². The van der Waals surface area contributed by atoms with Crippen molar-refractivity contribution in [1.82, 2.24) is 9.88 Å². The van der Waals surface area contributed by atoms with Gasteiger partial charge in [-0.15, -0.1) is 0 Å². The molecule has 1 atom stereocenters. The Bertz CT molecular complexity index is 954. The average Bonchev–Trinajstić information content (AvgIpc) is 3.06. The first-order valence-electron chi connectivity index (χ1n) is 10.2. The molecule has 1 saturated heterocycles. The van der Waals surface area contributed by atoms with Crippen LogP contribution in [-0.4, -0.2) is 36.0 Å². The number of hydrogen-bond donors (Lipinski definition) is 0. The summed E-state index contributed by atoms with van der Waals surface area (Å²) in [6.45, 7) is 1.59. The Morgan fingerprint density at radius 3 is 2.62 bits per heavy atom. The van der Waals surface area contributed by atoms with Crippen molar-refractivity contribution in [2.75, 3.05) is 20.2 Å². The summed E-state index contributed by atoms with van der Waals surface area (Å²) in [5.41, 5.74) is 3.84. The van der Waals surface area contributed by atoms with Crippen LogP contribution in [0.4, 0.5) is 0 Å². The standard InChI is InChI=1S/C25H26N2O2/c1-29-23-11-5-9-21(17-23)24-13-12-22(18-26-24)25(28)27-15-6-10-20(14-16-27)19-7-3-2-4-8-19/h2-5,7-9,11-13,17-18,20H,6,10,14-16H2,1H3.